The number of aromatic amines is 1. The lowest BCUT2D eigenvalue weighted by Crippen LogP contribution is -2.43. The van der Waals surface area contributed by atoms with Crippen LogP contribution in [0.2, 0.25) is 5.02 Å². The predicted octanol–water partition coefficient (Wildman–Crippen LogP) is 2.62. The minimum Gasteiger partial charge on any atom is -0.326 e. The molecule has 0 aliphatic heterocycles. The smallest absolute Gasteiger partial charge is 0.326 e. The molecular formula is C25H17ClF2N8O3. The van der Waals surface area contributed by atoms with E-state index in [0.717, 1.165) is 22.9 Å². The molecule has 0 spiro atoms. The van der Waals surface area contributed by atoms with Crippen molar-refractivity contribution in [2.45, 2.75) is 13.1 Å². The van der Waals surface area contributed by atoms with Crippen LogP contribution in [-0.4, -0.2) is 28.9 Å². The molecule has 2 aromatic carbocycles. The van der Waals surface area contributed by atoms with Crippen molar-refractivity contribution in [1.29, 1.82) is 5.26 Å². The van der Waals surface area contributed by atoms with Crippen LogP contribution in [0.4, 0.5) is 20.4 Å². The molecule has 5 rings (SSSR count). The molecule has 0 aliphatic carbocycles. The van der Waals surface area contributed by atoms with Gasteiger partial charge in [-0.25, -0.2) is 22.9 Å². The molecule has 0 unspecified atom stereocenters. The third-order valence-corrected chi connectivity index (χ3v) is 6.18. The van der Waals surface area contributed by atoms with Gasteiger partial charge in [-0.15, -0.1) is 0 Å². The molecule has 196 valence electrons. The number of anilines is 2. The van der Waals surface area contributed by atoms with Gasteiger partial charge in [0, 0.05) is 30.4 Å². The molecule has 0 bridgehead atoms. The number of nitrogens with zero attached hydrogens (tertiary/aromatic N) is 6. The van der Waals surface area contributed by atoms with Crippen molar-refractivity contribution in [3.05, 3.63) is 113 Å². The Kier molecular flexibility index (Phi) is 6.55. The first-order valence-corrected chi connectivity index (χ1v) is 11.7. The van der Waals surface area contributed by atoms with Crippen LogP contribution in [0, 0.1) is 23.0 Å². The highest BCUT2D eigenvalue weighted by Crippen LogP contribution is 2.29. The summed E-state index contributed by atoms with van der Waals surface area (Å²) >= 11 is 6.42. The number of nitrogens with one attached hydrogen (secondary N) is 2. The molecule has 0 saturated carbocycles. The van der Waals surface area contributed by atoms with E-state index < -0.39 is 35.1 Å². The maximum absolute atomic E-state index is 13.9. The van der Waals surface area contributed by atoms with E-state index in [-0.39, 0.29) is 28.6 Å². The Bertz CT molecular complexity index is 1990. The highest BCUT2D eigenvalue weighted by Gasteiger charge is 2.18. The molecule has 2 N–H and O–H groups in total. The number of nitriles is 1. The molecule has 3 heterocycles. The molecule has 5 aromatic rings. The van der Waals surface area contributed by atoms with E-state index in [4.69, 9.17) is 11.6 Å². The number of pyridine rings is 1. The first kappa shape index (κ1) is 25.6. The average molecular weight is 551 g/mol. The minimum absolute atomic E-state index is 0.179. The Hall–Kier alpha value is -5.09. The lowest BCUT2D eigenvalue weighted by atomic mass is 10.1. The summed E-state index contributed by atoms with van der Waals surface area (Å²) in [5, 5.41) is 17.3. The normalized spacial score (nSPS) is 11.1. The molecule has 0 atom stereocenters. The van der Waals surface area contributed by atoms with E-state index in [1.54, 1.807) is 36.1 Å². The lowest BCUT2D eigenvalue weighted by molar-refractivity contribution is 0.577. The molecule has 3 aromatic heterocycles. The average Bonchev–Trinajstić information content (AvgIpc) is 3.25. The van der Waals surface area contributed by atoms with E-state index in [1.807, 2.05) is 0 Å². The molecule has 0 fully saturated rings. The summed E-state index contributed by atoms with van der Waals surface area (Å²) in [6, 6.07) is 9.60. The van der Waals surface area contributed by atoms with Crippen molar-refractivity contribution in [2.75, 3.05) is 5.32 Å². The highest BCUT2D eigenvalue weighted by molar-refractivity contribution is 6.34. The number of hydrogen-bond acceptors (Lipinski definition) is 7. The first-order chi connectivity index (χ1) is 18.6. The van der Waals surface area contributed by atoms with Gasteiger partial charge < -0.3 is 10.3 Å². The van der Waals surface area contributed by atoms with Crippen molar-refractivity contribution in [3.8, 4) is 6.07 Å². The van der Waals surface area contributed by atoms with Gasteiger partial charge in [0.05, 0.1) is 34.9 Å². The van der Waals surface area contributed by atoms with Gasteiger partial charge in [0.1, 0.15) is 17.7 Å². The maximum atomic E-state index is 13.9. The van der Waals surface area contributed by atoms with Crippen LogP contribution in [0.5, 0.6) is 0 Å². The number of fused-ring (bicyclic) bond motifs is 1. The Morgan fingerprint density at radius 2 is 1.90 bits per heavy atom. The molecule has 14 heteroatoms. The largest absolute Gasteiger partial charge is 0.355 e. The second kappa shape index (κ2) is 9.99. The van der Waals surface area contributed by atoms with Crippen LogP contribution < -0.4 is 22.3 Å². The molecule has 0 aliphatic rings. The summed E-state index contributed by atoms with van der Waals surface area (Å²) in [6.45, 7) is -0.803. The van der Waals surface area contributed by atoms with Crippen molar-refractivity contribution >= 4 is 34.1 Å². The van der Waals surface area contributed by atoms with Crippen LogP contribution in [0.25, 0.3) is 10.9 Å². The standard InChI is InChI=1S/C25H17ClF2N8O3/c1-34-11-15-6-21(18(26)7-20(15)33-34)31-23-32-24(38)36(12-16-5-17(27)9-30-22(16)37)25(39)35(23)10-13-2-3-19(28)14(4-13)8-29/h2-7,9,11H,10,12H2,1H3,(H,30,37)(H,31,32,38). The molecule has 39 heavy (non-hydrogen) atoms. The topological polar surface area (TPSA) is 143 Å². The second-order valence-corrected chi connectivity index (χ2v) is 9.00. The molecular weight excluding hydrogens is 534 g/mol. The molecule has 0 amide bonds. The highest BCUT2D eigenvalue weighted by atomic mass is 35.5. The third kappa shape index (κ3) is 5.05. The van der Waals surface area contributed by atoms with Gasteiger partial charge in [-0.1, -0.05) is 17.7 Å². The van der Waals surface area contributed by atoms with Crippen LogP contribution in [-0.2, 0) is 20.1 Å². The van der Waals surface area contributed by atoms with E-state index >= 15 is 0 Å². The molecule has 0 radical (unpaired) electrons. The van der Waals surface area contributed by atoms with Crippen molar-refractivity contribution in [1.82, 2.24) is 28.9 Å². The van der Waals surface area contributed by atoms with Gasteiger partial charge in [0.15, 0.2) is 0 Å². The fourth-order valence-electron chi connectivity index (χ4n) is 4.02. The Morgan fingerprint density at radius 1 is 1.10 bits per heavy atom. The van der Waals surface area contributed by atoms with Crippen LogP contribution in [0.15, 0.2) is 63.2 Å². The zero-order valence-electron chi connectivity index (χ0n) is 20.1. The van der Waals surface area contributed by atoms with E-state index in [1.165, 1.54) is 12.1 Å². The van der Waals surface area contributed by atoms with Crippen LogP contribution in [0.1, 0.15) is 16.7 Å². The number of hydrogen-bond donors (Lipinski definition) is 2. The fraction of sp³-hybridized carbons (Fsp3) is 0.120. The number of aromatic nitrogens is 6. The van der Waals surface area contributed by atoms with Crippen molar-refractivity contribution in [3.63, 3.8) is 0 Å². The van der Waals surface area contributed by atoms with E-state index in [2.05, 4.69) is 20.4 Å². The van der Waals surface area contributed by atoms with Gasteiger partial charge in [0.2, 0.25) is 5.95 Å². The summed E-state index contributed by atoms with van der Waals surface area (Å²) in [7, 11) is 1.74. The number of halogens is 3. The number of H-pyrrole nitrogens is 1. The summed E-state index contributed by atoms with van der Waals surface area (Å²) in [5.41, 5.74) is -1.75. The van der Waals surface area contributed by atoms with E-state index in [0.29, 0.717) is 26.7 Å². The van der Waals surface area contributed by atoms with E-state index in [9.17, 15) is 28.4 Å². The maximum Gasteiger partial charge on any atom is 0.355 e. The van der Waals surface area contributed by atoms with Gasteiger partial charge in [-0.05, 0) is 35.9 Å². The summed E-state index contributed by atoms with van der Waals surface area (Å²) in [5.74, 6) is -1.71. The summed E-state index contributed by atoms with van der Waals surface area (Å²) < 4.78 is 31.0. The van der Waals surface area contributed by atoms with Gasteiger partial charge in [-0.3, -0.25) is 14.0 Å². The third-order valence-electron chi connectivity index (χ3n) is 5.87. The quantitative estimate of drug-likeness (QED) is 0.331. The van der Waals surface area contributed by atoms with Crippen molar-refractivity contribution < 1.29 is 8.78 Å². The summed E-state index contributed by atoms with van der Waals surface area (Å²) in [6.07, 6.45) is 2.59. The fourth-order valence-corrected chi connectivity index (χ4v) is 4.22. The Labute approximate surface area is 222 Å². The van der Waals surface area contributed by atoms with Crippen molar-refractivity contribution in [2.24, 2.45) is 7.05 Å². The number of benzene rings is 2. The first-order valence-electron chi connectivity index (χ1n) is 11.3. The van der Waals surface area contributed by atoms with Gasteiger partial charge >= 0.3 is 11.4 Å². The second-order valence-electron chi connectivity index (χ2n) is 8.59. The van der Waals surface area contributed by atoms with Crippen LogP contribution >= 0.6 is 11.6 Å². The minimum atomic E-state index is -1.02. The zero-order valence-corrected chi connectivity index (χ0v) is 20.8. The Morgan fingerprint density at radius 3 is 2.67 bits per heavy atom. The Balaban J connectivity index is 1.65. The molecule has 0 saturated heterocycles. The van der Waals surface area contributed by atoms with Crippen LogP contribution in [0.3, 0.4) is 0 Å². The summed E-state index contributed by atoms with van der Waals surface area (Å²) in [4.78, 5) is 44.9. The number of rotatable bonds is 6. The molecule has 11 nitrogen and oxygen atoms in total. The van der Waals surface area contributed by atoms with Gasteiger partial charge in [-0.2, -0.15) is 15.3 Å². The predicted molar refractivity (Wildman–Crippen MR) is 138 cm³/mol. The van der Waals surface area contributed by atoms with Gasteiger partial charge in [0.25, 0.3) is 5.56 Å². The number of aryl methyl sites for hydroxylation is 1. The lowest BCUT2D eigenvalue weighted by Gasteiger charge is -2.16. The SMILES string of the molecule is Cn1cc2cc(Nc3nc(=O)n(Cc4cc(F)c[nH]c4=O)c(=O)n3Cc3ccc(F)c(C#N)c3)c(Cl)cc2n1. The zero-order chi connectivity index (χ0) is 27.8. The monoisotopic (exact) mass is 550 g/mol.